The minimum atomic E-state index is -0.907. The molecule has 0 spiro atoms. The van der Waals surface area contributed by atoms with Gasteiger partial charge in [0, 0.05) is 32.7 Å². The van der Waals surface area contributed by atoms with Gasteiger partial charge in [0.15, 0.2) is 0 Å². The van der Waals surface area contributed by atoms with Gasteiger partial charge < -0.3 is 20.2 Å². The van der Waals surface area contributed by atoms with Crippen molar-refractivity contribution in [3.63, 3.8) is 0 Å². The van der Waals surface area contributed by atoms with Gasteiger partial charge in [0.05, 0.1) is 11.8 Å². The van der Waals surface area contributed by atoms with Crippen molar-refractivity contribution in [1.82, 2.24) is 15.1 Å². The quantitative estimate of drug-likeness (QED) is 0.795. The van der Waals surface area contributed by atoms with Crippen molar-refractivity contribution in [3.05, 3.63) is 0 Å². The molecule has 0 aromatic heterocycles. The Labute approximate surface area is 143 Å². The summed E-state index contributed by atoms with van der Waals surface area (Å²) in [7, 11) is 1.64. The highest BCUT2D eigenvalue weighted by atomic mass is 16.4. The van der Waals surface area contributed by atoms with Gasteiger partial charge in [-0.25, -0.2) is 4.79 Å². The van der Waals surface area contributed by atoms with Crippen LogP contribution in [0.15, 0.2) is 0 Å². The van der Waals surface area contributed by atoms with E-state index in [0.717, 1.165) is 25.7 Å². The number of carboxylic acid groups (broad SMARTS) is 1. The molecule has 1 saturated carbocycles. The Morgan fingerprint density at radius 2 is 1.88 bits per heavy atom. The molecule has 24 heavy (non-hydrogen) atoms. The Hall–Kier alpha value is -1.79. The highest BCUT2D eigenvalue weighted by molar-refractivity contribution is 5.81. The normalized spacial score (nSPS) is 22.9. The molecule has 2 unspecified atom stereocenters. The zero-order valence-electron chi connectivity index (χ0n) is 14.7. The van der Waals surface area contributed by atoms with Crippen molar-refractivity contribution >= 4 is 17.9 Å². The first-order chi connectivity index (χ1) is 11.4. The van der Waals surface area contributed by atoms with E-state index < -0.39 is 11.9 Å². The number of carbonyl (C=O) groups excluding carboxylic acids is 2. The molecule has 3 amide bonds. The van der Waals surface area contributed by atoms with Gasteiger partial charge in [0.25, 0.3) is 0 Å². The predicted octanol–water partition coefficient (Wildman–Crippen LogP) is 1.53. The van der Waals surface area contributed by atoms with Crippen LogP contribution in [0.1, 0.15) is 45.4 Å². The molecule has 2 rings (SSSR count). The molecule has 1 saturated heterocycles. The van der Waals surface area contributed by atoms with Gasteiger partial charge in [0.2, 0.25) is 5.91 Å². The number of hydrogen-bond acceptors (Lipinski definition) is 3. The van der Waals surface area contributed by atoms with Gasteiger partial charge in [-0.2, -0.15) is 0 Å². The summed E-state index contributed by atoms with van der Waals surface area (Å²) in [5.74, 6) is -1.80. The topological polar surface area (TPSA) is 90.0 Å². The van der Waals surface area contributed by atoms with Crippen molar-refractivity contribution in [2.75, 3.05) is 26.7 Å². The monoisotopic (exact) mass is 339 g/mol. The Bertz CT molecular complexity index is 476. The van der Waals surface area contributed by atoms with Gasteiger partial charge in [-0.1, -0.05) is 19.8 Å². The first-order valence-electron chi connectivity index (χ1n) is 8.91. The molecule has 0 aromatic rings. The number of likely N-dealkylation sites (tertiary alicyclic amines) is 1. The molecule has 0 radical (unpaired) electrons. The maximum atomic E-state index is 12.5. The summed E-state index contributed by atoms with van der Waals surface area (Å²) in [5, 5.41) is 12.0. The van der Waals surface area contributed by atoms with Gasteiger partial charge in [-0.15, -0.1) is 0 Å². The van der Waals surface area contributed by atoms with Crippen molar-refractivity contribution in [2.45, 2.75) is 51.5 Å². The summed E-state index contributed by atoms with van der Waals surface area (Å²) in [4.78, 5) is 39.1. The van der Waals surface area contributed by atoms with Crippen molar-refractivity contribution in [1.29, 1.82) is 0 Å². The molecule has 0 aromatic carbocycles. The highest BCUT2D eigenvalue weighted by Crippen LogP contribution is 2.21. The van der Waals surface area contributed by atoms with E-state index in [9.17, 15) is 14.4 Å². The lowest BCUT2D eigenvalue weighted by Crippen LogP contribution is -2.51. The smallest absolute Gasteiger partial charge is 0.317 e. The average molecular weight is 339 g/mol. The molecule has 2 aliphatic rings. The maximum absolute atomic E-state index is 12.5. The van der Waals surface area contributed by atoms with Gasteiger partial charge in [-0.05, 0) is 25.7 Å². The highest BCUT2D eigenvalue weighted by Gasteiger charge is 2.32. The number of rotatable bonds is 5. The number of urea groups is 1. The third kappa shape index (κ3) is 4.85. The van der Waals surface area contributed by atoms with E-state index in [4.69, 9.17) is 5.11 Å². The van der Waals surface area contributed by atoms with Gasteiger partial charge in [-0.3, -0.25) is 9.59 Å². The number of carboxylic acids is 1. The predicted molar refractivity (Wildman–Crippen MR) is 89.5 cm³/mol. The summed E-state index contributed by atoms with van der Waals surface area (Å²) in [6, 6.07) is 0.202. The second kappa shape index (κ2) is 8.35. The molecule has 1 heterocycles. The van der Waals surface area contributed by atoms with E-state index >= 15 is 0 Å². The van der Waals surface area contributed by atoms with Gasteiger partial charge in [0.1, 0.15) is 0 Å². The lowest BCUT2D eigenvalue weighted by Gasteiger charge is -2.34. The Kier molecular flexibility index (Phi) is 6.45. The number of hydrogen-bond donors (Lipinski definition) is 2. The van der Waals surface area contributed by atoms with E-state index in [1.54, 1.807) is 18.9 Å². The fourth-order valence-corrected chi connectivity index (χ4v) is 3.59. The van der Waals surface area contributed by atoms with E-state index in [1.807, 2.05) is 0 Å². The number of amides is 3. The molecular formula is C17H29N3O4. The van der Waals surface area contributed by atoms with Crippen molar-refractivity contribution in [2.24, 2.45) is 11.8 Å². The molecule has 7 heteroatoms. The second-order valence-electron chi connectivity index (χ2n) is 7.17. The number of nitrogens with zero attached hydrogens (tertiary/aromatic N) is 2. The summed E-state index contributed by atoms with van der Waals surface area (Å²) in [5.41, 5.74) is 0. The number of piperidine rings is 1. The summed E-state index contributed by atoms with van der Waals surface area (Å²) >= 11 is 0. The first-order valence-corrected chi connectivity index (χ1v) is 8.91. The fourth-order valence-electron chi connectivity index (χ4n) is 3.59. The molecule has 1 aliphatic carbocycles. The number of nitrogens with one attached hydrogen (secondary N) is 1. The third-order valence-corrected chi connectivity index (χ3v) is 5.09. The Morgan fingerprint density at radius 3 is 2.50 bits per heavy atom. The molecule has 7 nitrogen and oxygen atoms in total. The minimum absolute atomic E-state index is 0.0681. The molecule has 2 fully saturated rings. The van der Waals surface area contributed by atoms with Crippen LogP contribution in [-0.2, 0) is 9.59 Å². The Balaban J connectivity index is 1.85. The van der Waals surface area contributed by atoms with Crippen molar-refractivity contribution < 1.29 is 19.5 Å². The first kappa shape index (κ1) is 18.5. The molecule has 136 valence electrons. The molecule has 0 bridgehead atoms. The Morgan fingerprint density at radius 1 is 1.21 bits per heavy atom. The zero-order valence-corrected chi connectivity index (χ0v) is 14.7. The van der Waals surface area contributed by atoms with Crippen LogP contribution in [0.5, 0.6) is 0 Å². The molecule has 2 atom stereocenters. The second-order valence-corrected chi connectivity index (χ2v) is 7.17. The third-order valence-electron chi connectivity index (χ3n) is 5.09. The van der Waals surface area contributed by atoms with Crippen LogP contribution in [0.2, 0.25) is 0 Å². The maximum Gasteiger partial charge on any atom is 0.317 e. The SMILES string of the molecule is CC(CN(C)C(=O)C1CCCN(C(=O)NC2CCCC2)C1)C(=O)O. The number of aliphatic carboxylic acids is 1. The van der Waals surface area contributed by atoms with E-state index in [0.29, 0.717) is 13.1 Å². The lowest BCUT2D eigenvalue weighted by atomic mass is 9.96. The van der Waals surface area contributed by atoms with Crippen LogP contribution in [0, 0.1) is 11.8 Å². The van der Waals surface area contributed by atoms with Crippen LogP contribution in [0.25, 0.3) is 0 Å². The summed E-state index contributed by atoms with van der Waals surface area (Å²) in [6.07, 6.45) is 5.96. The van der Waals surface area contributed by atoms with Crippen LogP contribution in [0.3, 0.4) is 0 Å². The van der Waals surface area contributed by atoms with Crippen LogP contribution >= 0.6 is 0 Å². The van der Waals surface area contributed by atoms with E-state index in [2.05, 4.69) is 5.32 Å². The van der Waals surface area contributed by atoms with Crippen LogP contribution in [-0.4, -0.2) is 65.5 Å². The standard InChI is InChI=1S/C17H29N3O4/c1-12(16(22)23)10-19(2)15(21)13-6-5-9-20(11-13)17(24)18-14-7-3-4-8-14/h12-14H,3-11H2,1-2H3,(H,18,24)(H,22,23). The van der Waals surface area contributed by atoms with Gasteiger partial charge >= 0.3 is 12.0 Å². The lowest BCUT2D eigenvalue weighted by molar-refractivity contribution is -0.143. The molecule has 2 N–H and O–H groups in total. The fraction of sp³-hybridized carbons (Fsp3) is 0.824. The zero-order chi connectivity index (χ0) is 17.7. The van der Waals surface area contributed by atoms with Crippen LogP contribution in [0.4, 0.5) is 4.79 Å². The largest absolute Gasteiger partial charge is 0.481 e. The van der Waals surface area contributed by atoms with E-state index in [1.165, 1.54) is 17.7 Å². The summed E-state index contributed by atoms with van der Waals surface area (Å²) in [6.45, 7) is 2.88. The van der Waals surface area contributed by atoms with Crippen molar-refractivity contribution in [3.8, 4) is 0 Å². The molecule has 1 aliphatic heterocycles. The minimum Gasteiger partial charge on any atom is -0.481 e. The summed E-state index contributed by atoms with van der Waals surface area (Å²) < 4.78 is 0. The van der Waals surface area contributed by atoms with E-state index in [-0.39, 0.29) is 30.4 Å². The number of carbonyl (C=O) groups is 3. The van der Waals surface area contributed by atoms with Crippen LogP contribution < -0.4 is 5.32 Å². The average Bonchev–Trinajstić information content (AvgIpc) is 3.06. The molecular weight excluding hydrogens is 310 g/mol.